The molecule has 0 bridgehead atoms. The molecular weight excluding hydrogens is 226 g/mol. The first-order chi connectivity index (χ1) is 8.65. The van der Waals surface area contributed by atoms with Gasteiger partial charge in [-0.05, 0) is 31.9 Å². The number of nitrogens with one attached hydrogen (secondary N) is 1. The summed E-state index contributed by atoms with van der Waals surface area (Å²) < 4.78 is 11.0. The minimum Gasteiger partial charge on any atom is -0.493 e. The van der Waals surface area contributed by atoms with Crippen LogP contribution in [0.15, 0.2) is 24.3 Å². The van der Waals surface area contributed by atoms with Crippen LogP contribution in [-0.4, -0.2) is 25.8 Å². The molecule has 0 aromatic heterocycles. The van der Waals surface area contributed by atoms with Gasteiger partial charge in [-0.25, -0.2) is 0 Å². The van der Waals surface area contributed by atoms with E-state index in [2.05, 4.69) is 26.1 Å². The molecule has 0 aliphatic heterocycles. The Morgan fingerprint density at radius 2 is 1.72 bits per heavy atom. The number of hydrogen-bond acceptors (Lipinski definition) is 3. The summed E-state index contributed by atoms with van der Waals surface area (Å²) in [6.45, 7) is 8.15. The molecule has 0 unspecified atom stereocenters. The van der Waals surface area contributed by atoms with Gasteiger partial charge < -0.3 is 14.8 Å². The summed E-state index contributed by atoms with van der Waals surface area (Å²) in [7, 11) is 1.66. The maximum Gasteiger partial charge on any atom is 0.161 e. The van der Waals surface area contributed by atoms with Crippen molar-refractivity contribution in [3.05, 3.63) is 24.3 Å². The second-order valence-corrected chi connectivity index (χ2v) is 4.69. The summed E-state index contributed by atoms with van der Waals surface area (Å²) >= 11 is 0. The Balaban J connectivity index is 2.38. The first-order valence-corrected chi connectivity index (χ1v) is 6.66. The van der Waals surface area contributed by atoms with Gasteiger partial charge in [-0.1, -0.05) is 26.0 Å². The zero-order valence-electron chi connectivity index (χ0n) is 12.0. The van der Waals surface area contributed by atoms with Gasteiger partial charge in [0.15, 0.2) is 11.5 Å². The van der Waals surface area contributed by atoms with Crippen molar-refractivity contribution < 1.29 is 9.47 Å². The molecule has 1 aromatic carbocycles. The van der Waals surface area contributed by atoms with Gasteiger partial charge in [-0.15, -0.1) is 0 Å². The molecule has 0 aliphatic carbocycles. The topological polar surface area (TPSA) is 30.5 Å². The highest BCUT2D eigenvalue weighted by Crippen LogP contribution is 2.25. The van der Waals surface area contributed by atoms with E-state index < -0.39 is 0 Å². The van der Waals surface area contributed by atoms with Crippen molar-refractivity contribution in [1.29, 1.82) is 0 Å². The van der Waals surface area contributed by atoms with Crippen LogP contribution in [0.3, 0.4) is 0 Å². The minimum atomic E-state index is 0.212. The summed E-state index contributed by atoms with van der Waals surface area (Å²) in [5.74, 6) is 1.59. The van der Waals surface area contributed by atoms with Crippen molar-refractivity contribution >= 4 is 0 Å². The van der Waals surface area contributed by atoms with E-state index in [1.807, 2.05) is 24.3 Å². The van der Waals surface area contributed by atoms with Gasteiger partial charge in [0.2, 0.25) is 0 Å². The van der Waals surface area contributed by atoms with Crippen molar-refractivity contribution in [3.8, 4) is 11.5 Å². The van der Waals surface area contributed by atoms with Gasteiger partial charge >= 0.3 is 0 Å². The fraction of sp³-hybridized carbons (Fsp3) is 0.600. The predicted molar refractivity (Wildman–Crippen MR) is 75.5 cm³/mol. The molecule has 0 amide bonds. The molecule has 18 heavy (non-hydrogen) atoms. The van der Waals surface area contributed by atoms with Gasteiger partial charge in [0, 0.05) is 12.1 Å². The number of para-hydroxylation sites is 2. The molecule has 1 aromatic rings. The van der Waals surface area contributed by atoms with E-state index in [0.717, 1.165) is 30.9 Å². The van der Waals surface area contributed by atoms with Gasteiger partial charge in [0.1, 0.15) is 6.61 Å². The van der Waals surface area contributed by atoms with Crippen LogP contribution in [0.5, 0.6) is 11.5 Å². The molecular formula is C15H25NO2. The summed E-state index contributed by atoms with van der Waals surface area (Å²) in [4.78, 5) is 0. The zero-order valence-corrected chi connectivity index (χ0v) is 12.0. The van der Waals surface area contributed by atoms with Crippen LogP contribution in [0.25, 0.3) is 0 Å². The standard InChI is InChI=1S/C15H25NO2/c1-5-15(3,6-2)16-11-12-18-14-10-8-7-9-13(14)17-4/h7-10,16H,5-6,11-12H2,1-4H3. The lowest BCUT2D eigenvalue weighted by molar-refractivity contribution is 0.257. The van der Waals surface area contributed by atoms with Crippen molar-refractivity contribution in [3.63, 3.8) is 0 Å². The molecule has 102 valence electrons. The fourth-order valence-corrected chi connectivity index (χ4v) is 1.75. The lowest BCUT2D eigenvalue weighted by Gasteiger charge is -2.28. The van der Waals surface area contributed by atoms with Crippen LogP contribution in [-0.2, 0) is 0 Å². The van der Waals surface area contributed by atoms with Gasteiger partial charge in [0.25, 0.3) is 0 Å². The minimum absolute atomic E-state index is 0.212. The monoisotopic (exact) mass is 251 g/mol. The lowest BCUT2D eigenvalue weighted by atomic mass is 9.96. The molecule has 0 saturated carbocycles. The van der Waals surface area contributed by atoms with Crippen molar-refractivity contribution in [2.75, 3.05) is 20.3 Å². The SMILES string of the molecule is CCC(C)(CC)NCCOc1ccccc1OC. The Bertz CT molecular complexity index is 348. The highest BCUT2D eigenvalue weighted by Gasteiger charge is 2.17. The maximum atomic E-state index is 5.72. The lowest BCUT2D eigenvalue weighted by Crippen LogP contribution is -2.43. The van der Waals surface area contributed by atoms with E-state index in [1.54, 1.807) is 7.11 Å². The maximum absolute atomic E-state index is 5.72. The average molecular weight is 251 g/mol. The third-order valence-electron chi connectivity index (χ3n) is 3.54. The van der Waals surface area contributed by atoms with E-state index >= 15 is 0 Å². The highest BCUT2D eigenvalue weighted by molar-refractivity contribution is 5.39. The molecule has 1 N–H and O–H groups in total. The van der Waals surface area contributed by atoms with E-state index in [9.17, 15) is 0 Å². The van der Waals surface area contributed by atoms with Gasteiger partial charge in [0.05, 0.1) is 7.11 Å². The van der Waals surface area contributed by atoms with E-state index in [-0.39, 0.29) is 5.54 Å². The summed E-state index contributed by atoms with van der Waals surface area (Å²) in [5.41, 5.74) is 0.212. The number of ether oxygens (including phenoxy) is 2. The van der Waals surface area contributed by atoms with E-state index in [4.69, 9.17) is 9.47 Å². The molecule has 0 atom stereocenters. The molecule has 0 spiro atoms. The number of methoxy groups -OCH3 is 1. The number of rotatable bonds is 8. The van der Waals surface area contributed by atoms with Crippen LogP contribution in [0.4, 0.5) is 0 Å². The largest absolute Gasteiger partial charge is 0.493 e. The highest BCUT2D eigenvalue weighted by atomic mass is 16.5. The second kappa shape index (κ2) is 7.27. The molecule has 0 fully saturated rings. The van der Waals surface area contributed by atoms with Crippen LogP contribution < -0.4 is 14.8 Å². The number of benzene rings is 1. The Morgan fingerprint density at radius 1 is 1.11 bits per heavy atom. The Morgan fingerprint density at radius 3 is 2.28 bits per heavy atom. The Hall–Kier alpha value is -1.22. The van der Waals surface area contributed by atoms with Gasteiger partial charge in [-0.2, -0.15) is 0 Å². The Labute approximate surface area is 110 Å². The fourth-order valence-electron chi connectivity index (χ4n) is 1.75. The molecule has 1 rings (SSSR count). The quantitative estimate of drug-likeness (QED) is 0.719. The van der Waals surface area contributed by atoms with Crippen LogP contribution in [0.1, 0.15) is 33.6 Å². The summed E-state index contributed by atoms with van der Waals surface area (Å²) in [6.07, 6.45) is 2.25. The smallest absolute Gasteiger partial charge is 0.161 e. The molecule has 3 nitrogen and oxygen atoms in total. The predicted octanol–water partition coefficient (Wildman–Crippen LogP) is 3.24. The number of hydrogen-bond donors (Lipinski definition) is 1. The van der Waals surface area contributed by atoms with Crippen molar-refractivity contribution in [2.45, 2.75) is 39.2 Å². The zero-order chi connectivity index (χ0) is 13.4. The van der Waals surface area contributed by atoms with Crippen LogP contribution in [0.2, 0.25) is 0 Å². The van der Waals surface area contributed by atoms with Gasteiger partial charge in [-0.3, -0.25) is 0 Å². The Kier molecular flexibility index (Phi) is 5.99. The van der Waals surface area contributed by atoms with Crippen molar-refractivity contribution in [1.82, 2.24) is 5.32 Å². The molecule has 0 radical (unpaired) electrons. The second-order valence-electron chi connectivity index (χ2n) is 4.69. The molecule has 0 saturated heterocycles. The van der Waals surface area contributed by atoms with Crippen LogP contribution >= 0.6 is 0 Å². The third-order valence-corrected chi connectivity index (χ3v) is 3.54. The van der Waals surface area contributed by atoms with E-state index in [0.29, 0.717) is 6.61 Å². The summed E-state index contributed by atoms with van der Waals surface area (Å²) in [6, 6.07) is 7.73. The molecule has 3 heteroatoms. The molecule has 0 aliphatic rings. The molecule has 0 heterocycles. The van der Waals surface area contributed by atoms with Crippen molar-refractivity contribution in [2.24, 2.45) is 0 Å². The first kappa shape index (κ1) is 14.8. The average Bonchev–Trinajstić information content (AvgIpc) is 2.43. The van der Waals surface area contributed by atoms with E-state index in [1.165, 1.54) is 0 Å². The normalized spacial score (nSPS) is 11.3. The van der Waals surface area contributed by atoms with Crippen LogP contribution in [0, 0.1) is 0 Å². The summed E-state index contributed by atoms with van der Waals surface area (Å²) in [5, 5.41) is 3.54. The first-order valence-electron chi connectivity index (χ1n) is 6.66. The third kappa shape index (κ3) is 4.22.